The van der Waals surface area contributed by atoms with Crippen LogP contribution in [0.4, 0.5) is 5.69 Å². The van der Waals surface area contributed by atoms with Gasteiger partial charge in [-0.25, -0.2) is 0 Å². The molecule has 0 saturated carbocycles. The van der Waals surface area contributed by atoms with E-state index in [1.54, 1.807) is 0 Å². The van der Waals surface area contributed by atoms with Gasteiger partial charge in [-0.3, -0.25) is 4.79 Å². The Morgan fingerprint density at radius 3 is 2.47 bits per heavy atom. The molecule has 0 heterocycles. The first-order valence-electron chi connectivity index (χ1n) is 6.04. The molecule has 3 heteroatoms. The smallest absolute Gasteiger partial charge is 0.221 e. The van der Waals surface area contributed by atoms with Gasteiger partial charge in [0.05, 0.1) is 5.69 Å². The number of benzene rings is 3. The van der Waals surface area contributed by atoms with Gasteiger partial charge in [0.1, 0.15) is 0 Å². The lowest BCUT2D eigenvalue weighted by Crippen LogP contribution is -2.06. The van der Waals surface area contributed by atoms with Crippen molar-refractivity contribution in [3.63, 3.8) is 0 Å². The first kappa shape index (κ1) is 12.2. The minimum absolute atomic E-state index is 0.0687. The zero-order valence-corrected chi connectivity index (χ0v) is 12.0. The van der Waals surface area contributed by atoms with E-state index in [0.717, 1.165) is 15.5 Å². The van der Waals surface area contributed by atoms with Crippen molar-refractivity contribution >= 4 is 49.1 Å². The molecule has 0 aliphatic heterocycles. The highest BCUT2D eigenvalue weighted by atomic mass is 79.9. The van der Waals surface area contributed by atoms with Crippen LogP contribution < -0.4 is 5.32 Å². The predicted octanol–water partition coefficient (Wildman–Crippen LogP) is 4.71. The van der Waals surface area contributed by atoms with Crippen LogP contribution in [0.15, 0.2) is 53.0 Å². The largest absolute Gasteiger partial charge is 0.325 e. The van der Waals surface area contributed by atoms with E-state index < -0.39 is 0 Å². The van der Waals surface area contributed by atoms with E-state index in [1.165, 1.54) is 23.1 Å². The van der Waals surface area contributed by atoms with Gasteiger partial charge in [-0.15, -0.1) is 0 Å². The number of hydrogen-bond donors (Lipinski definition) is 1. The minimum atomic E-state index is -0.0687. The average Bonchev–Trinajstić information content (AvgIpc) is 2.41. The van der Waals surface area contributed by atoms with Crippen LogP contribution in [0.25, 0.3) is 21.5 Å². The summed E-state index contributed by atoms with van der Waals surface area (Å²) in [7, 11) is 0. The van der Waals surface area contributed by atoms with Gasteiger partial charge in [0.15, 0.2) is 0 Å². The van der Waals surface area contributed by atoms with Crippen LogP contribution >= 0.6 is 15.9 Å². The van der Waals surface area contributed by atoms with Gasteiger partial charge in [0.25, 0.3) is 0 Å². The fourth-order valence-corrected chi connectivity index (χ4v) is 2.91. The topological polar surface area (TPSA) is 29.1 Å². The number of rotatable bonds is 1. The molecule has 3 rings (SSSR count). The van der Waals surface area contributed by atoms with Crippen LogP contribution in [0.2, 0.25) is 0 Å². The van der Waals surface area contributed by atoms with Gasteiger partial charge in [-0.1, -0.05) is 42.5 Å². The van der Waals surface area contributed by atoms with Crippen molar-refractivity contribution < 1.29 is 4.79 Å². The van der Waals surface area contributed by atoms with Crippen molar-refractivity contribution in [2.24, 2.45) is 0 Å². The normalized spacial score (nSPS) is 10.8. The van der Waals surface area contributed by atoms with E-state index in [-0.39, 0.29) is 5.91 Å². The third-order valence-corrected chi connectivity index (χ3v) is 4.03. The first-order valence-corrected chi connectivity index (χ1v) is 6.83. The van der Waals surface area contributed by atoms with Gasteiger partial charge in [0.2, 0.25) is 5.91 Å². The summed E-state index contributed by atoms with van der Waals surface area (Å²) in [6.45, 7) is 1.51. The molecule has 0 aromatic heterocycles. The van der Waals surface area contributed by atoms with Crippen LogP contribution in [0, 0.1) is 0 Å². The third-order valence-electron chi connectivity index (χ3n) is 3.17. The highest BCUT2D eigenvalue weighted by Gasteiger charge is 2.08. The van der Waals surface area contributed by atoms with E-state index in [4.69, 9.17) is 0 Å². The monoisotopic (exact) mass is 313 g/mol. The molecule has 19 heavy (non-hydrogen) atoms. The highest BCUT2D eigenvalue weighted by molar-refractivity contribution is 9.10. The van der Waals surface area contributed by atoms with Crippen LogP contribution in [0.1, 0.15) is 6.92 Å². The molecule has 3 aromatic rings. The maximum atomic E-state index is 11.2. The van der Waals surface area contributed by atoms with Crippen LogP contribution in [-0.2, 0) is 4.79 Å². The third kappa shape index (κ3) is 2.10. The minimum Gasteiger partial charge on any atom is -0.325 e. The Morgan fingerprint density at radius 2 is 1.68 bits per heavy atom. The van der Waals surface area contributed by atoms with Crippen LogP contribution in [0.3, 0.4) is 0 Å². The Balaban J connectivity index is 2.33. The SMILES string of the molecule is CC(=O)Nc1ccc2c(ccc3ccccc32)c1Br. The summed E-state index contributed by atoms with van der Waals surface area (Å²) in [4.78, 5) is 11.2. The highest BCUT2D eigenvalue weighted by Crippen LogP contribution is 2.35. The maximum absolute atomic E-state index is 11.2. The Kier molecular flexibility index (Phi) is 2.99. The number of hydrogen-bond acceptors (Lipinski definition) is 1. The Hall–Kier alpha value is -1.87. The van der Waals surface area contributed by atoms with Crippen LogP contribution in [-0.4, -0.2) is 5.91 Å². The molecular formula is C16H12BrNO. The molecule has 0 spiro atoms. The standard InChI is InChI=1S/C16H12BrNO/c1-10(19)18-15-9-8-13-12-5-3-2-4-11(12)6-7-14(13)16(15)17/h2-9H,1H3,(H,18,19). The molecule has 3 aromatic carbocycles. The molecule has 0 aliphatic rings. The molecule has 1 N–H and O–H groups in total. The lowest BCUT2D eigenvalue weighted by molar-refractivity contribution is -0.114. The summed E-state index contributed by atoms with van der Waals surface area (Å²) in [5.74, 6) is -0.0687. The van der Waals surface area contributed by atoms with E-state index >= 15 is 0 Å². The lowest BCUT2D eigenvalue weighted by Gasteiger charge is -2.10. The van der Waals surface area contributed by atoms with Gasteiger partial charge in [-0.05, 0) is 43.5 Å². The Bertz CT molecular complexity index is 795. The summed E-state index contributed by atoms with van der Waals surface area (Å²) < 4.78 is 0.922. The fourth-order valence-electron chi connectivity index (χ4n) is 2.34. The summed E-state index contributed by atoms with van der Waals surface area (Å²) in [5, 5.41) is 7.54. The van der Waals surface area contributed by atoms with E-state index in [1.807, 2.05) is 24.3 Å². The molecular weight excluding hydrogens is 302 g/mol. The second kappa shape index (κ2) is 4.67. The van der Waals surface area contributed by atoms with Crippen molar-refractivity contribution in [1.29, 1.82) is 0 Å². The number of carbonyl (C=O) groups excluding carboxylic acids is 1. The number of nitrogens with one attached hydrogen (secondary N) is 1. The number of carbonyl (C=O) groups is 1. The molecule has 0 saturated heterocycles. The summed E-state index contributed by atoms with van der Waals surface area (Å²) in [6.07, 6.45) is 0. The predicted molar refractivity (Wildman–Crippen MR) is 83.5 cm³/mol. The maximum Gasteiger partial charge on any atom is 0.221 e. The van der Waals surface area contributed by atoms with E-state index in [9.17, 15) is 4.79 Å². The van der Waals surface area contributed by atoms with Crippen molar-refractivity contribution in [1.82, 2.24) is 0 Å². The zero-order chi connectivity index (χ0) is 13.4. The summed E-state index contributed by atoms with van der Waals surface area (Å²) in [6, 6.07) is 16.4. The second-order valence-electron chi connectivity index (χ2n) is 4.49. The number of anilines is 1. The van der Waals surface area contributed by atoms with Gasteiger partial charge in [-0.2, -0.15) is 0 Å². The fraction of sp³-hybridized carbons (Fsp3) is 0.0625. The van der Waals surface area contributed by atoms with Gasteiger partial charge in [0, 0.05) is 11.4 Å². The molecule has 0 fully saturated rings. The Morgan fingerprint density at radius 1 is 0.947 bits per heavy atom. The van der Waals surface area contributed by atoms with Crippen molar-refractivity contribution in [3.8, 4) is 0 Å². The molecule has 0 radical (unpaired) electrons. The zero-order valence-electron chi connectivity index (χ0n) is 10.4. The van der Waals surface area contributed by atoms with E-state index in [0.29, 0.717) is 0 Å². The van der Waals surface area contributed by atoms with Crippen LogP contribution in [0.5, 0.6) is 0 Å². The molecule has 0 atom stereocenters. The molecule has 94 valence electrons. The Labute approximate surface area is 119 Å². The summed E-state index contributed by atoms with van der Waals surface area (Å²) >= 11 is 3.58. The second-order valence-corrected chi connectivity index (χ2v) is 5.28. The number of amides is 1. The first-order chi connectivity index (χ1) is 9.16. The lowest BCUT2D eigenvalue weighted by atomic mass is 10.0. The summed E-state index contributed by atoms with van der Waals surface area (Å²) in [5.41, 5.74) is 0.801. The molecule has 0 aliphatic carbocycles. The molecule has 2 nitrogen and oxygen atoms in total. The van der Waals surface area contributed by atoms with Gasteiger partial charge >= 0.3 is 0 Å². The molecule has 0 unspecified atom stereocenters. The van der Waals surface area contributed by atoms with Crippen molar-refractivity contribution in [3.05, 3.63) is 53.0 Å². The quantitative estimate of drug-likeness (QED) is 0.647. The van der Waals surface area contributed by atoms with Gasteiger partial charge < -0.3 is 5.32 Å². The van der Waals surface area contributed by atoms with Crippen molar-refractivity contribution in [2.45, 2.75) is 6.92 Å². The number of halogens is 1. The van der Waals surface area contributed by atoms with E-state index in [2.05, 4.69) is 45.5 Å². The van der Waals surface area contributed by atoms with Crippen molar-refractivity contribution in [2.75, 3.05) is 5.32 Å². The number of fused-ring (bicyclic) bond motifs is 3. The average molecular weight is 314 g/mol. The molecule has 1 amide bonds. The molecule has 0 bridgehead atoms.